The van der Waals surface area contributed by atoms with Gasteiger partial charge in [0.15, 0.2) is 0 Å². The first-order valence-electron chi connectivity index (χ1n) is 6.02. The Kier molecular flexibility index (Phi) is 4.53. The standard InChI is InChI=1S/C11H17N5O2S2/c1-8(11-14-13-7-16(11)3)15-20(17,18)10-4-9(5-12-2)19-6-10/h4,6-8,12,15H,5H2,1-3H3. The molecule has 0 saturated heterocycles. The molecule has 0 fully saturated rings. The number of sulfonamides is 1. The minimum Gasteiger partial charge on any atom is -0.319 e. The normalized spacial score (nSPS) is 13.6. The second-order valence-electron chi connectivity index (χ2n) is 4.42. The molecule has 0 aliphatic rings. The third-order valence-corrected chi connectivity index (χ3v) is 5.36. The number of rotatable bonds is 6. The summed E-state index contributed by atoms with van der Waals surface area (Å²) in [5, 5.41) is 12.3. The maximum Gasteiger partial charge on any atom is 0.242 e. The highest BCUT2D eigenvalue weighted by Crippen LogP contribution is 2.21. The Morgan fingerprint density at radius 1 is 1.50 bits per heavy atom. The summed E-state index contributed by atoms with van der Waals surface area (Å²) in [5.41, 5.74) is 0. The number of thiophene rings is 1. The van der Waals surface area contributed by atoms with Gasteiger partial charge in [0.2, 0.25) is 10.0 Å². The van der Waals surface area contributed by atoms with Crippen LogP contribution < -0.4 is 10.0 Å². The molecular formula is C11H17N5O2S2. The summed E-state index contributed by atoms with van der Waals surface area (Å²) in [5.74, 6) is 0.569. The minimum absolute atomic E-state index is 0.279. The lowest BCUT2D eigenvalue weighted by Gasteiger charge is -2.12. The van der Waals surface area contributed by atoms with Crippen LogP contribution in [-0.4, -0.2) is 30.2 Å². The van der Waals surface area contributed by atoms with Gasteiger partial charge in [-0.1, -0.05) is 0 Å². The Bertz CT molecular complexity index is 677. The van der Waals surface area contributed by atoms with Crippen molar-refractivity contribution in [1.82, 2.24) is 24.8 Å². The maximum absolute atomic E-state index is 12.3. The van der Waals surface area contributed by atoms with E-state index in [0.29, 0.717) is 12.4 Å². The van der Waals surface area contributed by atoms with Crippen molar-refractivity contribution in [3.8, 4) is 0 Å². The highest BCUT2D eigenvalue weighted by molar-refractivity contribution is 7.89. The highest BCUT2D eigenvalue weighted by Gasteiger charge is 2.22. The van der Waals surface area contributed by atoms with Crippen molar-refractivity contribution >= 4 is 21.4 Å². The van der Waals surface area contributed by atoms with Crippen LogP contribution in [0.5, 0.6) is 0 Å². The Hall–Kier alpha value is -1.29. The molecule has 0 aromatic carbocycles. The lowest BCUT2D eigenvalue weighted by Crippen LogP contribution is -2.28. The zero-order valence-electron chi connectivity index (χ0n) is 11.5. The lowest BCUT2D eigenvalue weighted by molar-refractivity contribution is 0.553. The molecule has 0 bridgehead atoms. The van der Waals surface area contributed by atoms with Gasteiger partial charge in [-0.05, 0) is 20.0 Å². The molecular weight excluding hydrogens is 298 g/mol. The van der Waals surface area contributed by atoms with Crippen LogP contribution in [0.2, 0.25) is 0 Å². The third-order valence-electron chi connectivity index (χ3n) is 2.76. The first kappa shape index (κ1) is 15.1. The quantitative estimate of drug-likeness (QED) is 0.816. The average Bonchev–Trinajstić information content (AvgIpc) is 2.98. The summed E-state index contributed by atoms with van der Waals surface area (Å²) in [6, 6.07) is 1.23. The monoisotopic (exact) mass is 315 g/mol. The zero-order chi connectivity index (χ0) is 14.8. The van der Waals surface area contributed by atoms with E-state index in [1.165, 1.54) is 17.7 Å². The predicted molar refractivity (Wildman–Crippen MR) is 76.8 cm³/mol. The van der Waals surface area contributed by atoms with Crippen LogP contribution in [0.1, 0.15) is 23.7 Å². The molecule has 0 saturated carbocycles. The van der Waals surface area contributed by atoms with E-state index in [9.17, 15) is 8.42 Å². The molecule has 7 nitrogen and oxygen atoms in total. The largest absolute Gasteiger partial charge is 0.319 e. The molecule has 0 radical (unpaired) electrons. The number of nitrogens with one attached hydrogen (secondary N) is 2. The van der Waals surface area contributed by atoms with Crippen molar-refractivity contribution in [3.05, 3.63) is 28.5 Å². The molecule has 20 heavy (non-hydrogen) atoms. The Morgan fingerprint density at radius 3 is 2.85 bits per heavy atom. The van der Waals surface area contributed by atoms with Crippen LogP contribution in [-0.2, 0) is 23.6 Å². The molecule has 9 heteroatoms. The van der Waals surface area contributed by atoms with Crippen LogP contribution in [0.3, 0.4) is 0 Å². The smallest absolute Gasteiger partial charge is 0.242 e. The fourth-order valence-corrected chi connectivity index (χ4v) is 4.29. The topological polar surface area (TPSA) is 88.9 Å². The van der Waals surface area contributed by atoms with E-state index in [4.69, 9.17) is 0 Å². The first-order chi connectivity index (χ1) is 9.44. The molecule has 2 heterocycles. The summed E-state index contributed by atoms with van der Waals surface area (Å²) < 4.78 is 28.9. The number of hydrogen-bond acceptors (Lipinski definition) is 6. The van der Waals surface area contributed by atoms with Crippen molar-refractivity contribution in [3.63, 3.8) is 0 Å². The average molecular weight is 315 g/mol. The van der Waals surface area contributed by atoms with Crippen LogP contribution in [0, 0.1) is 0 Å². The van der Waals surface area contributed by atoms with Gasteiger partial charge in [0.25, 0.3) is 0 Å². The molecule has 0 amide bonds. The molecule has 110 valence electrons. The Labute approximate surface area is 122 Å². The molecule has 2 aromatic rings. The highest BCUT2D eigenvalue weighted by atomic mass is 32.2. The maximum atomic E-state index is 12.3. The van der Waals surface area contributed by atoms with E-state index in [-0.39, 0.29) is 4.90 Å². The Morgan fingerprint density at radius 2 is 2.25 bits per heavy atom. The lowest BCUT2D eigenvalue weighted by atomic mass is 10.3. The minimum atomic E-state index is -3.55. The van der Waals surface area contributed by atoms with Gasteiger partial charge in [-0.2, -0.15) is 0 Å². The second kappa shape index (κ2) is 6.00. The summed E-state index contributed by atoms with van der Waals surface area (Å²) in [6.45, 7) is 2.39. The molecule has 2 rings (SSSR count). The van der Waals surface area contributed by atoms with Gasteiger partial charge in [-0.3, -0.25) is 0 Å². The van der Waals surface area contributed by atoms with Gasteiger partial charge in [-0.25, -0.2) is 13.1 Å². The van der Waals surface area contributed by atoms with Crippen molar-refractivity contribution in [1.29, 1.82) is 0 Å². The van der Waals surface area contributed by atoms with E-state index in [2.05, 4.69) is 20.2 Å². The molecule has 0 aliphatic heterocycles. The summed E-state index contributed by atoms with van der Waals surface area (Å²) in [6.07, 6.45) is 1.54. The number of aromatic nitrogens is 3. The van der Waals surface area contributed by atoms with Gasteiger partial charge >= 0.3 is 0 Å². The van der Waals surface area contributed by atoms with Gasteiger partial charge in [0.05, 0.1) is 10.9 Å². The van der Waals surface area contributed by atoms with Crippen LogP contribution in [0.25, 0.3) is 0 Å². The van der Waals surface area contributed by atoms with Crippen LogP contribution >= 0.6 is 11.3 Å². The number of aryl methyl sites for hydroxylation is 1. The van der Waals surface area contributed by atoms with Crippen molar-refractivity contribution < 1.29 is 8.42 Å². The zero-order valence-corrected chi connectivity index (χ0v) is 13.1. The van der Waals surface area contributed by atoms with Crippen molar-refractivity contribution in [2.24, 2.45) is 7.05 Å². The van der Waals surface area contributed by atoms with E-state index in [0.717, 1.165) is 4.88 Å². The molecule has 0 aliphatic carbocycles. The van der Waals surface area contributed by atoms with E-state index >= 15 is 0 Å². The first-order valence-corrected chi connectivity index (χ1v) is 8.38. The molecule has 2 N–H and O–H groups in total. The van der Waals surface area contributed by atoms with E-state index in [1.807, 2.05) is 7.05 Å². The molecule has 2 aromatic heterocycles. The van der Waals surface area contributed by atoms with Crippen LogP contribution in [0.15, 0.2) is 22.7 Å². The molecule has 0 spiro atoms. The molecule has 1 unspecified atom stereocenters. The summed E-state index contributed by atoms with van der Waals surface area (Å²) >= 11 is 1.41. The van der Waals surface area contributed by atoms with Crippen molar-refractivity contribution in [2.75, 3.05) is 7.05 Å². The predicted octanol–water partition coefficient (Wildman–Crippen LogP) is 0.635. The number of hydrogen-bond donors (Lipinski definition) is 2. The SMILES string of the molecule is CNCc1cc(S(=O)(=O)NC(C)c2nncn2C)cs1. The fraction of sp³-hybridized carbons (Fsp3) is 0.455. The third kappa shape index (κ3) is 3.23. The van der Waals surface area contributed by atoms with Gasteiger partial charge in [-0.15, -0.1) is 21.5 Å². The van der Waals surface area contributed by atoms with Crippen LogP contribution in [0.4, 0.5) is 0 Å². The van der Waals surface area contributed by atoms with Crippen molar-refractivity contribution in [2.45, 2.75) is 24.4 Å². The number of nitrogens with zero attached hydrogens (tertiary/aromatic N) is 3. The second-order valence-corrected chi connectivity index (χ2v) is 7.13. The summed E-state index contributed by atoms with van der Waals surface area (Å²) in [4.78, 5) is 1.25. The summed E-state index contributed by atoms with van der Waals surface area (Å²) in [7, 11) is 0.0470. The van der Waals surface area contributed by atoms with E-state index in [1.54, 1.807) is 30.0 Å². The fourth-order valence-electron chi connectivity index (χ4n) is 1.81. The van der Waals surface area contributed by atoms with Gasteiger partial charge in [0, 0.05) is 23.8 Å². The molecule has 1 atom stereocenters. The van der Waals surface area contributed by atoms with Gasteiger partial charge < -0.3 is 9.88 Å². The Balaban J connectivity index is 2.16. The van der Waals surface area contributed by atoms with E-state index < -0.39 is 16.1 Å². The van der Waals surface area contributed by atoms with Gasteiger partial charge in [0.1, 0.15) is 12.2 Å².